The Bertz CT molecular complexity index is 802. The van der Waals surface area contributed by atoms with Gasteiger partial charge in [-0.05, 0) is 11.1 Å². The molecule has 0 fully saturated rings. The first-order valence-corrected chi connectivity index (χ1v) is 9.25. The van der Waals surface area contributed by atoms with Gasteiger partial charge in [-0.25, -0.2) is 9.59 Å². The fraction of sp³-hybridized carbons (Fsp3) is 0.286. The average Bonchev–Trinajstić information content (AvgIpc) is 2.80. The predicted octanol–water partition coefficient (Wildman–Crippen LogP) is 0.408. The standard InChI is InChI=1S/C11H13NO5.C10H13NO3/c13-6-9(10(14)15)12-11(16)17-7-8-4-2-1-3-5-8;11-9(6-12)10(13)14-7-8-4-2-1-3-5-8/h1-5,9,13H,6-7H2,(H,12,16)(H,14,15);1-5,9,12H,6-7,11H2/t2*9-/m00/s1. The van der Waals surface area contributed by atoms with E-state index < -0.39 is 43.3 Å². The molecule has 0 saturated carbocycles. The molecule has 10 nitrogen and oxygen atoms in total. The van der Waals surface area contributed by atoms with Crippen molar-refractivity contribution in [2.45, 2.75) is 25.3 Å². The van der Waals surface area contributed by atoms with Gasteiger partial charge in [-0.15, -0.1) is 0 Å². The van der Waals surface area contributed by atoms with Crippen LogP contribution in [0.1, 0.15) is 11.1 Å². The molecule has 10 heteroatoms. The Morgan fingerprint density at radius 1 is 0.839 bits per heavy atom. The number of alkyl carbamates (subject to hydrolysis) is 1. The van der Waals surface area contributed by atoms with Crippen molar-refractivity contribution in [1.29, 1.82) is 0 Å². The normalized spacial score (nSPS) is 11.8. The third-order valence-corrected chi connectivity index (χ3v) is 3.71. The first-order chi connectivity index (χ1) is 14.9. The Morgan fingerprint density at radius 2 is 1.32 bits per heavy atom. The summed E-state index contributed by atoms with van der Waals surface area (Å²) in [6, 6.07) is 16.0. The van der Waals surface area contributed by atoms with Crippen LogP contribution in [0.2, 0.25) is 0 Å². The lowest BCUT2D eigenvalue weighted by Gasteiger charge is -2.11. The molecule has 31 heavy (non-hydrogen) atoms. The van der Waals surface area contributed by atoms with E-state index in [0.29, 0.717) is 0 Å². The van der Waals surface area contributed by atoms with Crippen LogP contribution in [-0.4, -0.2) is 58.6 Å². The summed E-state index contributed by atoms with van der Waals surface area (Å²) in [6.45, 7) is -0.846. The fourth-order valence-corrected chi connectivity index (χ4v) is 2.00. The molecule has 2 atom stereocenters. The second-order valence-electron chi connectivity index (χ2n) is 6.16. The molecule has 0 unspecified atom stereocenters. The third kappa shape index (κ3) is 10.8. The van der Waals surface area contributed by atoms with Crippen molar-refractivity contribution in [3.05, 3.63) is 71.8 Å². The highest BCUT2D eigenvalue weighted by Gasteiger charge is 2.19. The van der Waals surface area contributed by atoms with Crippen LogP contribution >= 0.6 is 0 Å². The Morgan fingerprint density at radius 3 is 1.74 bits per heavy atom. The Kier molecular flexibility index (Phi) is 12.0. The van der Waals surface area contributed by atoms with E-state index in [-0.39, 0.29) is 13.2 Å². The maximum absolute atomic E-state index is 11.2. The Balaban J connectivity index is 0.000000316. The number of hydrogen-bond acceptors (Lipinski definition) is 8. The highest BCUT2D eigenvalue weighted by atomic mass is 16.5. The van der Waals surface area contributed by atoms with Crippen molar-refractivity contribution in [1.82, 2.24) is 5.32 Å². The van der Waals surface area contributed by atoms with Crippen LogP contribution in [0, 0.1) is 0 Å². The Hall–Kier alpha value is -3.47. The molecule has 0 aliphatic rings. The van der Waals surface area contributed by atoms with Crippen LogP contribution in [0.4, 0.5) is 4.79 Å². The quantitative estimate of drug-likeness (QED) is 0.351. The number of nitrogens with two attached hydrogens (primary N) is 1. The van der Waals surface area contributed by atoms with Crippen LogP contribution in [-0.2, 0) is 32.3 Å². The molecule has 0 aliphatic carbocycles. The molecule has 2 aromatic rings. The van der Waals surface area contributed by atoms with E-state index in [2.05, 4.69) is 0 Å². The van der Waals surface area contributed by atoms with E-state index in [1.807, 2.05) is 41.7 Å². The number of carbonyl (C=O) groups is 3. The second kappa shape index (κ2) is 14.5. The van der Waals surface area contributed by atoms with Crippen molar-refractivity contribution in [2.75, 3.05) is 13.2 Å². The highest BCUT2D eigenvalue weighted by molar-refractivity contribution is 5.80. The van der Waals surface area contributed by atoms with Gasteiger partial charge in [-0.3, -0.25) is 4.79 Å². The van der Waals surface area contributed by atoms with Crippen molar-refractivity contribution in [3.8, 4) is 0 Å². The number of benzene rings is 2. The molecular weight excluding hydrogens is 408 g/mol. The number of amides is 1. The number of aliphatic carboxylic acids is 1. The van der Waals surface area contributed by atoms with Crippen molar-refractivity contribution >= 4 is 18.0 Å². The van der Waals surface area contributed by atoms with Crippen LogP contribution in [0.5, 0.6) is 0 Å². The lowest BCUT2D eigenvalue weighted by Crippen LogP contribution is -2.43. The van der Waals surface area contributed by atoms with Crippen LogP contribution in [0.15, 0.2) is 60.7 Å². The van der Waals surface area contributed by atoms with Gasteiger partial charge in [0.15, 0.2) is 6.04 Å². The molecule has 0 radical (unpaired) electrons. The summed E-state index contributed by atoms with van der Waals surface area (Å²) >= 11 is 0. The fourth-order valence-electron chi connectivity index (χ4n) is 2.00. The van der Waals surface area contributed by atoms with E-state index in [1.54, 1.807) is 24.3 Å². The SMILES string of the molecule is N[C@@H](CO)C(=O)OCc1ccccc1.O=C(N[C@@H](CO)C(=O)O)OCc1ccccc1. The van der Waals surface area contributed by atoms with Gasteiger partial charge in [0.2, 0.25) is 0 Å². The lowest BCUT2D eigenvalue weighted by atomic mass is 10.2. The predicted molar refractivity (Wildman–Crippen MR) is 110 cm³/mol. The molecule has 0 saturated heterocycles. The third-order valence-electron chi connectivity index (χ3n) is 3.71. The van der Waals surface area contributed by atoms with Gasteiger partial charge in [-0.2, -0.15) is 0 Å². The minimum atomic E-state index is -1.35. The number of aliphatic hydroxyl groups excluding tert-OH is 2. The monoisotopic (exact) mass is 434 g/mol. The van der Waals surface area contributed by atoms with E-state index in [4.69, 9.17) is 30.5 Å². The zero-order valence-electron chi connectivity index (χ0n) is 16.7. The molecule has 2 rings (SSSR count). The van der Waals surface area contributed by atoms with Crippen molar-refractivity contribution in [3.63, 3.8) is 0 Å². The molecular formula is C21H26N2O8. The average molecular weight is 434 g/mol. The van der Waals surface area contributed by atoms with E-state index in [1.165, 1.54) is 0 Å². The number of rotatable bonds is 9. The number of aliphatic hydroxyl groups is 2. The number of carboxylic acids is 1. The van der Waals surface area contributed by atoms with Crippen LogP contribution in [0.3, 0.4) is 0 Å². The maximum Gasteiger partial charge on any atom is 0.408 e. The molecule has 2 aromatic carbocycles. The first-order valence-electron chi connectivity index (χ1n) is 9.25. The van der Waals surface area contributed by atoms with E-state index in [9.17, 15) is 14.4 Å². The van der Waals surface area contributed by atoms with Gasteiger partial charge in [0.05, 0.1) is 13.2 Å². The molecule has 168 valence electrons. The summed E-state index contributed by atoms with van der Waals surface area (Å²) in [5.41, 5.74) is 6.94. The first kappa shape index (κ1) is 25.6. The summed E-state index contributed by atoms with van der Waals surface area (Å²) in [7, 11) is 0. The van der Waals surface area contributed by atoms with Gasteiger partial charge in [0.1, 0.15) is 19.3 Å². The molecule has 0 bridgehead atoms. The minimum absolute atomic E-state index is 0.0461. The topological polar surface area (TPSA) is 168 Å². The summed E-state index contributed by atoms with van der Waals surface area (Å²) in [5.74, 6) is -1.90. The zero-order chi connectivity index (χ0) is 23.1. The van der Waals surface area contributed by atoms with Crippen LogP contribution < -0.4 is 11.1 Å². The van der Waals surface area contributed by atoms with E-state index >= 15 is 0 Å². The van der Waals surface area contributed by atoms with Gasteiger partial charge in [0, 0.05) is 0 Å². The largest absolute Gasteiger partial charge is 0.480 e. The number of carbonyl (C=O) groups excluding carboxylic acids is 2. The van der Waals surface area contributed by atoms with E-state index in [0.717, 1.165) is 11.1 Å². The molecule has 0 aliphatic heterocycles. The minimum Gasteiger partial charge on any atom is -0.480 e. The van der Waals surface area contributed by atoms with Crippen molar-refractivity contribution < 1.29 is 39.2 Å². The zero-order valence-corrected chi connectivity index (χ0v) is 16.7. The number of nitrogens with one attached hydrogen (secondary N) is 1. The number of hydrogen-bond donors (Lipinski definition) is 5. The number of carboxylic acid groups (broad SMARTS) is 1. The summed E-state index contributed by atoms with van der Waals surface area (Å²) in [6.07, 6.45) is -0.879. The molecule has 0 aromatic heterocycles. The van der Waals surface area contributed by atoms with Gasteiger partial charge < -0.3 is 35.8 Å². The summed E-state index contributed by atoms with van der Waals surface area (Å²) in [5, 5.41) is 27.9. The number of ether oxygens (including phenoxy) is 2. The second-order valence-corrected chi connectivity index (χ2v) is 6.16. The summed E-state index contributed by atoms with van der Waals surface area (Å²) in [4.78, 5) is 32.7. The summed E-state index contributed by atoms with van der Waals surface area (Å²) < 4.78 is 9.64. The molecule has 0 spiro atoms. The molecule has 6 N–H and O–H groups in total. The number of esters is 1. The van der Waals surface area contributed by atoms with Crippen LogP contribution in [0.25, 0.3) is 0 Å². The lowest BCUT2D eigenvalue weighted by molar-refractivity contribution is -0.147. The smallest absolute Gasteiger partial charge is 0.408 e. The van der Waals surface area contributed by atoms with Crippen molar-refractivity contribution in [2.24, 2.45) is 5.73 Å². The maximum atomic E-state index is 11.2. The molecule has 0 heterocycles. The molecule has 1 amide bonds. The van der Waals surface area contributed by atoms with Gasteiger partial charge >= 0.3 is 18.0 Å². The van der Waals surface area contributed by atoms with Gasteiger partial charge in [0.25, 0.3) is 0 Å². The highest BCUT2D eigenvalue weighted by Crippen LogP contribution is 2.02. The van der Waals surface area contributed by atoms with Gasteiger partial charge in [-0.1, -0.05) is 60.7 Å². The Labute approximate surface area is 179 Å².